The summed E-state index contributed by atoms with van der Waals surface area (Å²) in [5, 5.41) is 20.2. The van der Waals surface area contributed by atoms with Crippen LogP contribution in [0.25, 0.3) is 16.9 Å². The first-order valence-electron chi connectivity index (χ1n) is 9.17. The number of aromatic nitrogens is 2. The normalized spacial score (nSPS) is 20.1. The van der Waals surface area contributed by atoms with E-state index in [0.717, 1.165) is 5.56 Å². The van der Waals surface area contributed by atoms with Crippen molar-refractivity contribution in [1.29, 1.82) is 0 Å². The maximum absolute atomic E-state index is 12.9. The van der Waals surface area contributed by atoms with Crippen LogP contribution in [0.2, 0.25) is 5.02 Å². The Labute approximate surface area is 162 Å². The van der Waals surface area contributed by atoms with Crippen molar-refractivity contribution < 1.29 is 15.0 Å². The number of rotatable bonds is 4. The Kier molecular flexibility index (Phi) is 5.00. The van der Waals surface area contributed by atoms with E-state index >= 15 is 0 Å². The molecule has 3 aromatic rings. The summed E-state index contributed by atoms with van der Waals surface area (Å²) in [6, 6.07) is 10.9. The zero-order valence-corrected chi connectivity index (χ0v) is 15.6. The molecule has 0 bridgehead atoms. The maximum atomic E-state index is 12.9. The molecular formula is C21H21ClN2O3. The first kappa shape index (κ1) is 18.2. The molecule has 2 N–H and O–H groups in total. The van der Waals surface area contributed by atoms with Crippen LogP contribution in [0.3, 0.4) is 0 Å². The number of halogens is 1. The second kappa shape index (κ2) is 7.43. The number of aliphatic hydroxyl groups is 2. The molecule has 0 saturated heterocycles. The van der Waals surface area contributed by atoms with E-state index in [-0.39, 0.29) is 24.4 Å². The fourth-order valence-electron chi connectivity index (χ4n) is 3.80. The molecule has 5 nitrogen and oxygen atoms in total. The molecule has 27 heavy (non-hydrogen) atoms. The van der Waals surface area contributed by atoms with Crippen LogP contribution in [0.4, 0.5) is 0 Å². The summed E-state index contributed by atoms with van der Waals surface area (Å²) in [6.07, 6.45) is 4.25. The van der Waals surface area contributed by atoms with E-state index in [4.69, 9.17) is 11.6 Å². The van der Waals surface area contributed by atoms with E-state index in [2.05, 4.69) is 4.98 Å². The smallest absolute Gasteiger partial charge is 0.167 e. The summed E-state index contributed by atoms with van der Waals surface area (Å²) in [4.78, 5) is 17.5. The molecular weight excluding hydrogens is 364 g/mol. The van der Waals surface area contributed by atoms with Gasteiger partial charge in [-0.3, -0.25) is 4.79 Å². The van der Waals surface area contributed by atoms with Gasteiger partial charge in [0.15, 0.2) is 5.78 Å². The van der Waals surface area contributed by atoms with E-state index in [0.29, 0.717) is 53.3 Å². The Morgan fingerprint density at radius 3 is 2.48 bits per heavy atom. The van der Waals surface area contributed by atoms with Crippen molar-refractivity contribution in [3.05, 3.63) is 58.9 Å². The number of hydrogen-bond donors (Lipinski definition) is 2. The molecule has 0 amide bonds. The molecule has 1 aromatic carbocycles. The summed E-state index contributed by atoms with van der Waals surface area (Å²) in [7, 11) is 0. The van der Waals surface area contributed by atoms with Crippen molar-refractivity contribution in [2.45, 2.75) is 38.4 Å². The van der Waals surface area contributed by atoms with E-state index in [9.17, 15) is 15.0 Å². The molecule has 2 aromatic heterocycles. The number of Topliss-reactive ketones (excluding diaryl/α,β-unsaturated/α-hetero) is 1. The summed E-state index contributed by atoms with van der Waals surface area (Å²) in [5.41, 5.74) is 3.47. The summed E-state index contributed by atoms with van der Waals surface area (Å²) in [5.74, 6) is 0.0390. The first-order valence-corrected chi connectivity index (χ1v) is 9.54. The molecule has 140 valence electrons. The molecule has 1 saturated carbocycles. The monoisotopic (exact) mass is 384 g/mol. The number of benzene rings is 1. The predicted molar refractivity (Wildman–Crippen MR) is 104 cm³/mol. The van der Waals surface area contributed by atoms with Gasteiger partial charge in [-0.15, -0.1) is 0 Å². The van der Waals surface area contributed by atoms with Crippen molar-refractivity contribution in [2.24, 2.45) is 5.92 Å². The van der Waals surface area contributed by atoms with E-state index < -0.39 is 0 Å². The van der Waals surface area contributed by atoms with Gasteiger partial charge in [0.1, 0.15) is 5.65 Å². The van der Waals surface area contributed by atoms with Gasteiger partial charge >= 0.3 is 0 Å². The fraction of sp³-hybridized carbons (Fsp3) is 0.333. The minimum Gasteiger partial charge on any atom is -0.393 e. The van der Waals surface area contributed by atoms with Crippen molar-refractivity contribution in [3.8, 4) is 11.3 Å². The lowest BCUT2D eigenvalue weighted by molar-refractivity contribution is 0.0764. The molecule has 0 radical (unpaired) electrons. The number of nitrogens with zero attached hydrogens (tertiary/aromatic N) is 2. The standard InChI is InChI=1S/C21H21ClN2O3/c22-16-6-1-13(2-7-16)20-18(12-25)24-11-15(5-10-19(24)23-20)21(27)14-3-8-17(26)9-4-14/h1-2,5-7,10-11,14,17,25-26H,3-4,8-9,12H2. The van der Waals surface area contributed by atoms with Crippen LogP contribution in [0, 0.1) is 5.92 Å². The Hall–Kier alpha value is -2.21. The average Bonchev–Trinajstić information content (AvgIpc) is 3.06. The first-order chi connectivity index (χ1) is 13.1. The summed E-state index contributed by atoms with van der Waals surface area (Å²) in [6.45, 7) is -0.188. The zero-order chi connectivity index (χ0) is 19.0. The number of carbonyl (C=O) groups excluding carboxylic acids is 1. The molecule has 2 heterocycles. The predicted octanol–water partition coefficient (Wildman–Crippen LogP) is 3.88. The average molecular weight is 385 g/mol. The second-order valence-electron chi connectivity index (χ2n) is 7.09. The Morgan fingerprint density at radius 1 is 1.11 bits per heavy atom. The van der Waals surface area contributed by atoms with Gasteiger partial charge in [0.2, 0.25) is 0 Å². The van der Waals surface area contributed by atoms with Gasteiger partial charge in [0, 0.05) is 28.3 Å². The van der Waals surface area contributed by atoms with Crippen LogP contribution >= 0.6 is 11.6 Å². The molecule has 1 aliphatic carbocycles. The number of aliphatic hydroxyl groups excluding tert-OH is 2. The highest BCUT2D eigenvalue weighted by atomic mass is 35.5. The van der Waals surface area contributed by atoms with Gasteiger partial charge in [-0.25, -0.2) is 4.98 Å². The minimum atomic E-state index is -0.284. The highest BCUT2D eigenvalue weighted by Gasteiger charge is 2.26. The second-order valence-corrected chi connectivity index (χ2v) is 7.52. The highest BCUT2D eigenvalue weighted by molar-refractivity contribution is 6.30. The quantitative estimate of drug-likeness (QED) is 0.669. The summed E-state index contributed by atoms with van der Waals surface area (Å²) < 4.78 is 1.79. The minimum absolute atomic E-state index is 0.0531. The molecule has 4 rings (SSSR count). The zero-order valence-electron chi connectivity index (χ0n) is 14.8. The maximum Gasteiger partial charge on any atom is 0.167 e. The Bertz CT molecular complexity index is 973. The molecule has 0 spiro atoms. The number of carbonyl (C=O) groups is 1. The number of fused-ring (bicyclic) bond motifs is 1. The van der Waals surface area contributed by atoms with Crippen molar-refractivity contribution in [1.82, 2.24) is 9.38 Å². The van der Waals surface area contributed by atoms with Gasteiger partial charge in [-0.05, 0) is 49.9 Å². The van der Waals surface area contributed by atoms with Crippen LogP contribution < -0.4 is 0 Å². The van der Waals surface area contributed by atoms with Crippen molar-refractivity contribution in [2.75, 3.05) is 0 Å². The van der Waals surface area contributed by atoms with Crippen LogP contribution in [-0.4, -0.2) is 31.5 Å². The van der Waals surface area contributed by atoms with Crippen LogP contribution in [-0.2, 0) is 6.61 Å². The van der Waals surface area contributed by atoms with E-state index in [1.165, 1.54) is 0 Å². The van der Waals surface area contributed by atoms with E-state index in [1.54, 1.807) is 28.8 Å². The fourth-order valence-corrected chi connectivity index (χ4v) is 3.93. The van der Waals surface area contributed by atoms with Gasteiger partial charge in [0.05, 0.1) is 24.1 Å². The van der Waals surface area contributed by atoms with Crippen molar-refractivity contribution >= 4 is 23.0 Å². The Balaban J connectivity index is 1.71. The van der Waals surface area contributed by atoms with Crippen LogP contribution in [0.5, 0.6) is 0 Å². The highest BCUT2D eigenvalue weighted by Crippen LogP contribution is 2.29. The molecule has 0 atom stereocenters. The lowest BCUT2D eigenvalue weighted by Gasteiger charge is -2.24. The van der Waals surface area contributed by atoms with Gasteiger partial charge < -0.3 is 14.6 Å². The van der Waals surface area contributed by atoms with Gasteiger partial charge in [-0.2, -0.15) is 0 Å². The molecule has 0 aliphatic heterocycles. The third-order valence-corrected chi connectivity index (χ3v) is 5.59. The number of imidazole rings is 1. The van der Waals surface area contributed by atoms with Gasteiger partial charge in [-0.1, -0.05) is 23.7 Å². The van der Waals surface area contributed by atoms with Gasteiger partial charge in [0.25, 0.3) is 0 Å². The number of ketones is 1. The number of pyridine rings is 1. The SMILES string of the molecule is O=C(c1ccc2nc(-c3ccc(Cl)cc3)c(CO)n2c1)C1CCC(O)CC1. The molecule has 6 heteroatoms. The lowest BCUT2D eigenvalue weighted by atomic mass is 9.83. The topological polar surface area (TPSA) is 74.8 Å². The molecule has 0 unspecified atom stereocenters. The lowest BCUT2D eigenvalue weighted by Crippen LogP contribution is -2.24. The van der Waals surface area contributed by atoms with Crippen LogP contribution in [0.1, 0.15) is 41.7 Å². The third-order valence-electron chi connectivity index (χ3n) is 5.34. The molecule has 1 fully saturated rings. The largest absolute Gasteiger partial charge is 0.393 e. The number of hydrogen-bond acceptors (Lipinski definition) is 4. The van der Waals surface area contributed by atoms with E-state index in [1.807, 2.05) is 18.2 Å². The Morgan fingerprint density at radius 2 is 1.81 bits per heavy atom. The summed E-state index contributed by atoms with van der Waals surface area (Å²) >= 11 is 5.96. The van der Waals surface area contributed by atoms with Crippen LogP contribution in [0.15, 0.2) is 42.6 Å². The third kappa shape index (κ3) is 3.50. The molecule has 1 aliphatic rings. The van der Waals surface area contributed by atoms with Crippen molar-refractivity contribution in [3.63, 3.8) is 0 Å².